The Morgan fingerprint density at radius 3 is 0.954 bits per heavy atom. The number of aryl methyl sites for hydroxylation is 1. The third-order valence-corrected chi connectivity index (χ3v) is 21.9. The summed E-state index contributed by atoms with van der Waals surface area (Å²) in [4.78, 5) is 0.330. The molecule has 3 nitrogen and oxygen atoms in total. The molecule has 0 radical (unpaired) electrons. The normalized spacial score (nSPS) is 12.6. The van der Waals surface area contributed by atoms with E-state index < -0.39 is 16.9 Å². The van der Waals surface area contributed by atoms with Crippen molar-refractivity contribution in [3.63, 3.8) is 0 Å². The minimum atomic E-state index is -4.48. The van der Waals surface area contributed by atoms with Crippen LogP contribution in [-0.4, -0.2) is 8.42 Å². The van der Waals surface area contributed by atoms with Crippen molar-refractivity contribution < 1.29 is 12.4 Å². The molecule has 0 aliphatic heterocycles. The van der Waals surface area contributed by atoms with Crippen molar-refractivity contribution in [2.24, 2.45) is 0 Å². The van der Waals surface area contributed by atoms with E-state index in [1.54, 1.807) is 0 Å². The van der Waals surface area contributed by atoms with Gasteiger partial charge in [-0.15, -0.1) is 0 Å². The summed E-state index contributed by atoms with van der Waals surface area (Å²) in [7, 11) is -4.39. The molecule has 5 aromatic carbocycles. The average molecular weight is 917 g/mol. The zero-order valence-electron chi connectivity index (χ0n) is 40.7. The van der Waals surface area contributed by atoms with Gasteiger partial charge >= 0.3 is 302 Å². The molecule has 0 saturated heterocycles. The quantitative estimate of drug-likeness (QED) is 0.0300. The first-order valence-corrected chi connectivity index (χ1v) is 29.9. The van der Waals surface area contributed by atoms with Gasteiger partial charge in [0.2, 0.25) is 0 Å². The van der Waals surface area contributed by atoms with Crippen molar-refractivity contribution in [2.75, 3.05) is 0 Å². The van der Waals surface area contributed by atoms with Crippen molar-refractivity contribution >= 4 is 38.2 Å². The van der Waals surface area contributed by atoms with Gasteiger partial charge < -0.3 is 0 Å². The molecule has 0 aromatic heterocycles. The molecule has 0 saturated carbocycles. The van der Waals surface area contributed by atoms with Gasteiger partial charge in [0, 0.05) is 0 Å². The third-order valence-electron chi connectivity index (χ3n) is 13.8. The van der Waals surface area contributed by atoms with Crippen LogP contribution in [0.1, 0.15) is 192 Å². The third kappa shape index (κ3) is 15.0. The molecule has 5 aromatic rings. The van der Waals surface area contributed by atoms with E-state index in [1.165, 1.54) is 148 Å². The summed E-state index contributed by atoms with van der Waals surface area (Å²) in [5.41, 5.74) is 2.12. The van der Waals surface area contributed by atoms with E-state index in [0.29, 0.717) is 4.90 Å². The molecule has 0 amide bonds. The van der Waals surface area contributed by atoms with Gasteiger partial charge in [0.1, 0.15) is 0 Å². The first kappa shape index (κ1) is 52.4. The fourth-order valence-corrected chi connectivity index (χ4v) is 19.0. The molecule has 354 valence electrons. The molecule has 0 N–H and O–H groups in total. The Morgan fingerprint density at radius 1 is 0.338 bits per heavy atom. The van der Waals surface area contributed by atoms with Gasteiger partial charge in [-0.25, -0.2) is 0 Å². The predicted molar refractivity (Wildman–Crippen MR) is 285 cm³/mol. The van der Waals surface area contributed by atoms with Gasteiger partial charge in [0.15, 0.2) is 0 Å². The standard InChI is InChI=1S/C60H85O3PS/c1-3-5-7-9-11-13-15-17-19-21-23-25-31-42-54-43-41-53-60(59(54)52-40-26-24-22-20-18-16-14-12-10-8-6-4-2)65(61,62)63-64(55-44-32-27-33-45-55,56-46-34-28-35-47-56,57-48-36-29-37-49-57)58-50-38-30-39-51-58/h27-30,32-39,41,43-51,53H,3-26,31,40,42,52H2,1-2H3. The van der Waals surface area contributed by atoms with Gasteiger partial charge in [-0.05, 0) is 0 Å². The summed E-state index contributed by atoms with van der Waals surface area (Å²) in [5, 5.41) is 3.41. The topological polar surface area (TPSA) is 43.4 Å². The number of hydrogen-bond donors (Lipinski definition) is 0. The van der Waals surface area contributed by atoms with Crippen LogP contribution in [0.5, 0.6) is 0 Å². The predicted octanol–water partition coefficient (Wildman–Crippen LogP) is 16.4. The molecule has 5 rings (SSSR count). The van der Waals surface area contributed by atoms with Crippen molar-refractivity contribution in [3.8, 4) is 0 Å². The Balaban J connectivity index is 1.40. The Labute approximate surface area is 397 Å². The molecule has 0 aliphatic rings. The SMILES string of the molecule is CCCCCCCCCCCCCCCc1cccc(S(=O)(=O)OP(c2ccccc2)(c2ccccc2)(c2ccccc2)c2ccccc2)c1CCCCCCCCCCCCCCC. The van der Waals surface area contributed by atoms with Crippen LogP contribution >= 0.6 is 6.83 Å². The molecule has 0 atom stereocenters. The van der Waals surface area contributed by atoms with Crippen LogP contribution in [0.2, 0.25) is 0 Å². The fourth-order valence-electron chi connectivity index (χ4n) is 10.2. The first-order chi connectivity index (χ1) is 32.0. The number of hydrogen-bond acceptors (Lipinski definition) is 3. The minimum absolute atomic E-state index is 0.330. The minimum Gasteiger partial charge on any atom is -0.0654 e. The first-order valence-electron chi connectivity index (χ1n) is 26.3. The molecule has 0 spiro atoms. The molecule has 0 bridgehead atoms. The van der Waals surface area contributed by atoms with Crippen LogP contribution in [-0.2, 0) is 26.9 Å². The van der Waals surface area contributed by atoms with Crippen LogP contribution in [0, 0.1) is 0 Å². The van der Waals surface area contributed by atoms with Gasteiger partial charge in [-0.1, -0.05) is 97.3 Å². The average Bonchev–Trinajstić information content (AvgIpc) is 3.35. The summed E-state index contributed by atoms with van der Waals surface area (Å²) < 4.78 is 39.2. The molecule has 5 heteroatoms. The molecule has 0 aliphatic carbocycles. The van der Waals surface area contributed by atoms with E-state index in [1.807, 2.05) is 84.9 Å². The summed E-state index contributed by atoms with van der Waals surface area (Å²) in [6.07, 6.45) is 35.3. The molecule has 0 unspecified atom stereocenters. The van der Waals surface area contributed by atoms with Crippen LogP contribution in [0.4, 0.5) is 0 Å². The van der Waals surface area contributed by atoms with Gasteiger partial charge in [-0.2, -0.15) is 0 Å². The van der Waals surface area contributed by atoms with Gasteiger partial charge in [-0.3, -0.25) is 0 Å². The molecule has 65 heavy (non-hydrogen) atoms. The van der Waals surface area contributed by atoms with E-state index in [9.17, 15) is 0 Å². The number of rotatable bonds is 35. The van der Waals surface area contributed by atoms with E-state index in [4.69, 9.17) is 3.97 Å². The van der Waals surface area contributed by atoms with Crippen molar-refractivity contribution in [1.82, 2.24) is 0 Å². The van der Waals surface area contributed by atoms with Crippen LogP contribution in [0.15, 0.2) is 144 Å². The maximum absolute atomic E-state index is 15.9. The molecular weight excluding hydrogens is 832 g/mol. The van der Waals surface area contributed by atoms with E-state index in [2.05, 4.69) is 68.4 Å². The zero-order chi connectivity index (χ0) is 45.8. The van der Waals surface area contributed by atoms with Crippen molar-refractivity contribution in [1.29, 1.82) is 0 Å². The fraction of sp³-hybridized carbons (Fsp3) is 0.500. The second-order valence-corrected chi connectivity index (χ2v) is 24.9. The van der Waals surface area contributed by atoms with Crippen LogP contribution in [0.25, 0.3) is 0 Å². The Hall–Kier alpha value is -3.56. The summed E-state index contributed by atoms with van der Waals surface area (Å²) >= 11 is 0. The molecule has 0 heterocycles. The van der Waals surface area contributed by atoms with E-state index in [0.717, 1.165) is 64.4 Å². The Morgan fingerprint density at radius 2 is 0.631 bits per heavy atom. The monoisotopic (exact) mass is 917 g/mol. The Bertz CT molecular complexity index is 1930. The number of unbranched alkanes of at least 4 members (excludes halogenated alkanes) is 24. The van der Waals surface area contributed by atoms with E-state index in [-0.39, 0.29) is 0 Å². The van der Waals surface area contributed by atoms with Crippen molar-refractivity contribution in [3.05, 3.63) is 151 Å². The Kier molecular flexibility index (Phi) is 23.6. The van der Waals surface area contributed by atoms with Crippen molar-refractivity contribution in [2.45, 2.75) is 199 Å². The number of benzene rings is 5. The molecular formula is C60H85O3PS. The second kappa shape index (κ2) is 29.3. The van der Waals surface area contributed by atoms with Gasteiger partial charge in [0.25, 0.3) is 0 Å². The molecule has 0 fully saturated rings. The van der Waals surface area contributed by atoms with E-state index >= 15 is 8.42 Å². The summed E-state index contributed by atoms with van der Waals surface area (Å²) in [6, 6.07) is 46.6. The van der Waals surface area contributed by atoms with Crippen LogP contribution in [0.3, 0.4) is 0 Å². The smallest absolute Gasteiger partial charge is 0.0654 e. The summed E-state index contributed by atoms with van der Waals surface area (Å²) in [6.45, 7) is 0.0949. The summed E-state index contributed by atoms with van der Waals surface area (Å²) in [5.74, 6) is 0. The zero-order valence-corrected chi connectivity index (χ0v) is 42.4. The maximum atomic E-state index is 15.9. The second-order valence-electron chi connectivity index (χ2n) is 18.8. The van der Waals surface area contributed by atoms with Gasteiger partial charge in [0.05, 0.1) is 0 Å². The van der Waals surface area contributed by atoms with Crippen LogP contribution < -0.4 is 21.2 Å².